The molecule has 0 aliphatic carbocycles. The van der Waals surface area contributed by atoms with E-state index in [1.807, 2.05) is 0 Å². The van der Waals surface area contributed by atoms with E-state index in [1.165, 1.54) is 11.1 Å². The van der Waals surface area contributed by atoms with Crippen LogP contribution in [0.4, 0.5) is 0 Å². The summed E-state index contributed by atoms with van der Waals surface area (Å²) in [6.45, 7) is 13.9. The predicted octanol–water partition coefficient (Wildman–Crippen LogP) is 4.71. The molecule has 23 heavy (non-hydrogen) atoms. The van der Waals surface area contributed by atoms with Crippen molar-refractivity contribution in [1.29, 1.82) is 0 Å². The van der Waals surface area contributed by atoms with E-state index in [2.05, 4.69) is 59.7 Å². The summed E-state index contributed by atoms with van der Waals surface area (Å²) in [5.74, 6) is 0.670. The van der Waals surface area contributed by atoms with Crippen molar-refractivity contribution in [1.82, 2.24) is 0 Å². The number of ether oxygens (including phenoxy) is 1. The lowest BCUT2D eigenvalue weighted by Gasteiger charge is -2.29. The van der Waals surface area contributed by atoms with Gasteiger partial charge < -0.3 is 10.5 Å². The molecular formula is C20H33NO2. The van der Waals surface area contributed by atoms with Crippen LogP contribution in [0.2, 0.25) is 0 Å². The second-order valence-corrected chi connectivity index (χ2v) is 7.60. The Bertz CT molecular complexity index is 532. The number of hydrogen-bond donors (Lipinski definition) is 1. The Morgan fingerprint density at radius 2 is 1.70 bits per heavy atom. The Morgan fingerprint density at radius 3 is 2.22 bits per heavy atom. The fourth-order valence-corrected chi connectivity index (χ4v) is 2.44. The number of benzene rings is 1. The Kier molecular flexibility index (Phi) is 6.67. The van der Waals surface area contributed by atoms with E-state index in [4.69, 9.17) is 10.5 Å². The van der Waals surface area contributed by atoms with Crippen LogP contribution in [0.5, 0.6) is 5.75 Å². The van der Waals surface area contributed by atoms with Gasteiger partial charge in [0.2, 0.25) is 5.91 Å². The standard InChI is InChI=1S/C20H33NO2/c1-7-19(3,4)15-11-12-16(20(5,6)8-2)17(14-15)23-13-9-10-18(21)22/h11-12,14H,7-10,13H2,1-6H3,(H2,21,22). The van der Waals surface area contributed by atoms with Crippen molar-refractivity contribution in [3.63, 3.8) is 0 Å². The van der Waals surface area contributed by atoms with E-state index in [-0.39, 0.29) is 16.7 Å². The number of nitrogens with two attached hydrogens (primary N) is 1. The zero-order valence-corrected chi connectivity index (χ0v) is 15.7. The molecule has 0 aliphatic rings. The highest BCUT2D eigenvalue weighted by atomic mass is 16.5. The van der Waals surface area contributed by atoms with Gasteiger partial charge in [0.15, 0.2) is 0 Å². The average molecular weight is 319 g/mol. The van der Waals surface area contributed by atoms with Gasteiger partial charge in [-0.1, -0.05) is 53.7 Å². The number of carbonyl (C=O) groups excluding carboxylic acids is 1. The highest BCUT2D eigenvalue weighted by Gasteiger charge is 2.25. The van der Waals surface area contributed by atoms with Gasteiger partial charge in [-0.2, -0.15) is 0 Å². The zero-order chi connectivity index (χ0) is 17.7. The van der Waals surface area contributed by atoms with Crippen molar-refractivity contribution < 1.29 is 9.53 Å². The van der Waals surface area contributed by atoms with Gasteiger partial charge in [-0.15, -0.1) is 0 Å². The monoisotopic (exact) mass is 319 g/mol. The Balaban J connectivity index is 3.09. The second kappa shape index (κ2) is 7.85. The molecule has 0 spiro atoms. The lowest BCUT2D eigenvalue weighted by Crippen LogP contribution is -2.20. The lowest BCUT2D eigenvalue weighted by atomic mass is 9.77. The summed E-state index contributed by atoms with van der Waals surface area (Å²) in [6.07, 6.45) is 3.14. The van der Waals surface area contributed by atoms with Gasteiger partial charge in [-0.25, -0.2) is 0 Å². The molecule has 0 radical (unpaired) electrons. The number of hydrogen-bond acceptors (Lipinski definition) is 2. The molecule has 0 aliphatic heterocycles. The van der Waals surface area contributed by atoms with Gasteiger partial charge in [0.05, 0.1) is 6.61 Å². The molecule has 1 rings (SSSR count). The van der Waals surface area contributed by atoms with Gasteiger partial charge in [0.1, 0.15) is 5.75 Å². The molecule has 3 nitrogen and oxygen atoms in total. The van der Waals surface area contributed by atoms with Crippen LogP contribution in [0.25, 0.3) is 0 Å². The predicted molar refractivity (Wildman–Crippen MR) is 97.0 cm³/mol. The van der Waals surface area contributed by atoms with Crippen molar-refractivity contribution in [2.24, 2.45) is 5.73 Å². The van der Waals surface area contributed by atoms with E-state index in [1.54, 1.807) is 0 Å². The molecular weight excluding hydrogens is 286 g/mol. The third-order valence-electron chi connectivity index (χ3n) is 5.09. The maximum atomic E-state index is 10.9. The molecule has 0 heterocycles. The van der Waals surface area contributed by atoms with Crippen molar-refractivity contribution >= 4 is 5.91 Å². The minimum absolute atomic E-state index is 0.0634. The van der Waals surface area contributed by atoms with Crippen LogP contribution in [0.1, 0.15) is 78.4 Å². The fourth-order valence-electron chi connectivity index (χ4n) is 2.44. The first-order valence-electron chi connectivity index (χ1n) is 8.70. The summed E-state index contributed by atoms with van der Waals surface area (Å²) < 4.78 is 6.05. The van der Waals surface area contributed by atoms with Crippen LogP contribution >= 0.6 is 0 Å². The van der Waals surface area contributed by atoms with Crippen LogP contribution in [-0.2, 0) is 15.6 Å². The first kappa shape index (κ1) is 19.5. The van der Waals surface area contributed by atoms with E-state index in [0.717, 1.165) is 18.6 Å². The van der Waals surface area contributed by atoms with E-state index >= 15 is 0 Å². The molecule has 0 saturated heterocycles. The molecule has 130 valence electrons. The summed E-state index contributed by atoms with van der Waals surface area (Å²) in [7, 11) is 0. The molecule has 1 amide bonds. The first-order valence-corrected chi connectivity index (χ1v) is 8.70. The van der Waals surface area contributed by atoms with Crippen LogP contribution < -0.4 is 10.5 Å². The summed E-state index contributed by atoms with van der Waals surface area (Å²) in [5.41, 5.74) is 7.91. The van der Waals surface area contributed by atoms with E-state index in [9.17, 15) is 4.79 Å². The molecule has 0 fully saturated rings. The van der Waals surface area contributed by atoms with Crippen molar-refractivity contribution in [3.8, 4) is 5.75 Å². The van der Waals surface area contributed by atoms with Crippen LogP contribution in [0.3, 0.4) is 0 Å². The topological polar surface area (TPSA) is 52.3 Å². The molecule has 0 saturated carbocycles. The lowest BCUT2D eigenvalue weighted by molar-refractivity contribution is -0.118. The largest absolute Gasteiger partial charge is 0.493 e. The van der Waals surface area contributed by atoms with Gasteiger partial charge in [0.25, 0.3) is 0 Å². The Hall–Kier alpha value is -1.51. The van der Waals surface area contributed by atoms with Crippen molar-refractivity contribution in [3.05, 3.63) is 29.3 Å². The minimum Gasteiger partial charge on any atom is -0.493 e. The number of carbonyl (C=O) groups is 1. The minimum atomic E-state index is -0.274. The summed E-state index contributed by atoms with van der Waals surface area (Å²) in [6, 6.07) is 6.62. The van der Waals surface area contributed by atoms with Crippen molar-refractivity contribution in [2.75, 3.05) is 6.61 Å². The average Bonchev–Trinajstić information content (AvgIpc) is 2.51. The van der Waals surface area contributed by atoms with E-state index in [0.29, 0.717) is 19.4 Å². The van der Waals surface area contributed by atoms with Gasteiger partial charge in [-0.3, -0.25) is 4.79 Å². The van der Waals surface area contributed by atoms with Crippen molar-refractivity contribution in [2.45, 2.75) is 78.1 Å². The smallest absolute Gasteiger partial charge is 0.217 e. The van der Waals surface area contributed by atoms with Gasteiger partial charge in [-0.05, 0) is 47.3 Å². The van der Waals surface area contributed by atoms with Crippen LogP contribution in [0.15, 0.2) is 18.2 Å². The van der Waals surface area contributed by atoms with Crippen LogP contribution in [-0.4, -0.2) is 12.5 Å². The molecule has 1 aromatic carbocycles. The van der Waals surface area contributed by atoms with Gasteiger partial charge >= 0.3 is 0 Å². The second-order valence-electron chi connectivity index (χ2n) is 7.60. The number of amides is 1. The molecule has 2 N–H and O–H groups in total. The summed E-state index contributed by atoms with van der Waals surface area (Å²) in [4.78, 5) is 10.9. The fraction of sp³-hybridized carbons (Fsp3) is 0.650. The molecule has 0 unspecified atom stereocenters. The maximum Gasteiger partial charge on any atom is 0.217 e. The Morgan fingerprint density at radius 1 is 1.09 bits per heavy atom. The summed E-state index contributed by atoms with van der Waals surface area (Å²) in [5, 5.41) is 0. The van der Waals surface area contributed by atoms with E-state index < -0.39 is 0 Å². The maximum absolute atomic E-state index is 10.9. The first-order chi connectivity index (χ1) is 10.6. The number of rotatable bonds is 9. The third kappa shape index (κ3) is 5.26. The summed E-state index contributed by atoms with van der Waals surface area (Å²) >= 11 is 0. The highest BCUT2D eigenvalue weighted by Crippen LogP contribution is 2.38. The molecule has 1 aromatic rings. The normalized spacial score (nSPS) is 12.3. The number of primary amides is 1. The molecule has 0 bridgehead atoms. The quantitative estimate of drug-likeness (QED) is 0.670. The molecule has 0 atom stereocenters. The van der Waals surface area contributed by atoms with Gasteiger partial charge in [0, 0.05) is 6.42 Å². The zero-order valence-electron chi connectivity index (χ0n) is 15.7. The highest BCUT2D eigenvalue weighted by molar-refractivity contribution is 5.73. The third-order valence-corrected chi connectivity index (χ3v) is 5.09. The SMILES string of the molecule is CCC(C)(C)c1ccc(C(C)(C)CC)c(OCCCC(N)=O)c1. The molecule has 3 heteroatoms. The van der Waals surface area contributed by atoms with Crippen LogP contribution in [0, 0.1) is 0 Å². The Labute approximate surface area is 141 Å². The molecule has 0 aromatic heterocycles.